The Morgan fingerprint density at radius 2 is 1.90 bits per heavy atom. The van der Waals surface area contributed by atoms with Crippen molar-refractivity contribution in [2.45, 2.75) is 0 Å². The minimum Gasteiger partial charge on any atom is -0.399 e. The second-order valence-electron chi connectivity index (χ2n) is 4.26. The van der Waals surface area contributed by atoms with Gasteiger partial charge in [-0.25, -0.2) is 0 Å². The van der Waals surface area contributed by atoms with Gasteiger partial charge in [0.15, 0.2) is 0 Å². The van der Waals surface area contributed by atoms with Crippen LogP contribution in [-0.2, 0) is 4.84 Å². The number of hydrogen-bond donors (Lipinski definition) is 1. The van der Waals surface area contributed by atoms with Gasteiger partial charge >= 0.3 is 0 Å². The summed E-state index contributed by atoms with van der Waals surface area (Å²) < 4.78 is 0. The molecule has 0 bridgehead atoms. The van der Waals surface area contributed by atoms with Gasteiger partial charge in [-0.05, 0) is 18.2 Å². The monoisotopic (exact) mass is 264 g/mol. The molecule has 0 saturated heterocycles. The SMILES string of the molecule is CON=C1C(=N)C=Cc2nnc(-c3ccccc3)cc21. The van der Waals surface area contributed by atoms with E-state index in [9.17, 15) is 0 Å². The minimum absolute atomic E-state index is 0.298. The van der Waals surface area contributed by atoms with Crippen molar-refractivity contribution in [1.29, 1.82) is 5.41 Å². The first-order chi connectivity index (χ1) is 9.79. The van der Waals surface area contributed by atoms with Gasteiger partial charge in [0.05, 0.1) is 17.1 Å². The summed E-state index contributed by atoms with van der Waals surface area (Å²) in [5, 5.41) is 20.2. The summed E-state index contributed by atoms with van der Waals surface area (Å²) in [6.07, 6.45) is 3.39. The van der Waals surface area contributed by atoms with Crippen molar-refractivity contribution in [3.8, 4) is 11.3 Å². The highest BCUT2D eigenvalue weighted by Gasteiger charge is 2.19. The van der Waals surface area contributed by atoms with Gasteiger partial charge in [-0.15, -0.1) is 10.2 Å². The average Bonchev–Trinajstić information content (AvgIpc) is 2.51. The Morgan fingerprint density at radius 1 is 1.10 bits per heavy atom. The number of nitrogens with zero attached hydrogens (tertiary/aromatic N) is 3. The zero-order valence-electron chi connectivity index (χ0n) is 10.9. The highest BCUT2D eigenvalue weighted by atomic mass is 16.6. The van der Waals surface area contributed by atoms with E-state index < -0.39 is 0 Å². The fourth-order valence-corrected chi connectivity index (χ4v) is 2.04. The molecule has 5 nitrogen and oxygen atoms in total. The van der Waals surface area contributed by atoms with E-state index in [1.54, 1.807) is 12.2 Å². The van der Waals surface area contributed by atoms with E-state index >= 15 is 0 Å². The maximum atomic E-state index is 7.91. The summed E-state index contributed by atoms with van der Waals surface area (Å²) in [5.74, 6) is 0. The predicted molar refractivity (Wildman–Crippen MR) is 77.8 cm³/mol. The Labute approximate surface area is 116 Å². The summed E-state index contributed by atoms with van der Waals surface area (Å²) in [4.78, 5) is 4.82. The smallest absolute Gasteiger partial charge is 0.137 e. The van der Waals surface area contributed by atoms with Crippen molar-refractivity contribution in [1.82, 2.24) is 10.2 Å². The first-order valence-corrected chi connectivity index (χ1v) is 6.11. The number of hydrogen-bond acceptors (Lipinski definition) is 5. The van der Waals surface area contributed by atoms with E-state index in [1.165, 1.54) is 7.11 Å². The Kier molecular flexibility index (Phi) is 3.09. The Balaban J connectivity index is 2.15. The van der Waals surface area contributed by atoms with Crippen LogP contribution in [0.4, 0.5) is 0 Å². The molecule has 0 unspecified atom stereocenters. The van der Waals surface area contributed by atoms with Crippen molar-refractivity contribution < 1.29 is 4.84 Å². The second-order valence-corrected chi connectivity index (χ2v) is 4.26. The van der Waals surface area contributed by atoms with Crippen LogP contribution in [0.2, 0.25) is 0 Å². The topological polar surface area (TPSA) is 71.2 Å². The molecule has 0 aliphatic heterocycles. The normalized spacial score (nSPS) is 15.2. The van der Waals surface area contributed by atoms with E-state index in [0.29, 0.717) is 17.1 Å². The van der Waals surface area contributed by atoms with Gasteiger partial charge in [0.1, 0.15) is 12.8 Å². The van der Waals surface area contributed by atoms with Gasteiger partial charge in [0, 0.05) is 11.1 Å². The molecular weight excluding hydrogens is 252 g/mol. The molecule has 0 spiro atoms. The summed E-state index contributed by atoms with van der Waals surface area (Å²) in [7, 11) is 1.46. The van der Waals surface area contributed by atoms with E-state index in [2.05, 4.69) is 15.4 Å². The summed E-state index contributed by atoms with van der Waals surface area (Å²) in [5.41, 5.74) is 3.94. The number of benzene rings is 1. The molecule has 0 amide bonds. The van der Waals surface area contributed by atoms with Crippen LogP contribution >= 0.6 is 0 Å². The molecule has 5 heteroatoms. The van der Waals surface area contributed by atoms with Crippen LogP contribution in [0.3, 0.4) is 0 Å². The van der Waals surface area contributed by atoms with Gasteiger partial charge in [-0.2, -0.15) is 0 Å². The first-order valence-electron chi connectivity index (χ1n) is 6.11. The second kappa shape index (κ2) is 5.05. The molecule has 98 valence electrons. The van der Waals surface area contributed by atoms with Crippen LogP contribution in [-0.4, -0.2) is 28.7 Å². The van der Waals surface area contributed by atoms with Crippen molar-refractivity contribution >= 4 is 17.5 Å². The molecule has 1 N–H and O–H groups in total. The molecule has 2 aromatic rings. The molecule has 0 saturated carbocycles. The lowest BCUT2D eigenvalue weighted by Crippen LogP contribution is -2.19. The average molecular weight is 264 g/mol. The maximum absolute atomic E-state index is 7.91. The van der Waals surface area contributed by atoms with Crippen LogP contribution in [0.25, 0.3) is 17.3 Å². The van der Waals surface area contributed by atoms with Crippen LogP contribution in [0, 0.1) is 5.41 Å². The molecule has 0 radical (unpaired) electrons. The fraction of sp³-hybridized carbons (Fsp3) is 0.0667. The van der Waals surface area contributed by atoms with Crippen molar-refractivity contribution in [3.05, 3.63) is 53.7 Å². The zero-order chi connectivity index (χ0) is 13.9. The van der Waals surface area contributed by atoms with Crippen LogP contribution in [0.5, 0.6) is 0 Å². The van der Waals surface area contributed by atoms with Gasteiger partial charge in [-0.1, -0.05) is 35.5 Å². The van der Waals surface area contributed by atoms with Crippen molar-refractivity contribution in [2.75, 3.05) is 7.11 Å². The Bertz CT molecular complexity index is 720. The highest BCUT2D eigenvalue weighted by Crippen LogP contribution is 2.22. The zero-order valence-corrected chi connectivity index (χ0v) is 10.9. The number of rotatable bonds is 2. The maximum Gasteiger partial charge on any atom is 0.137 e. The lowest BCUT2D eigenvalue weighted by atomic mass is 9.97. The third kappa shape index (κ3) is 2.09. The largest absolute Gasteiger partial charge is 0.399 e. The summed E-state index contributed by atoms with van der Waals surface area (Å²) >= 11 is 0. The first kappa shape index (κ1) is 12.2. The Morgan fingerprint density at radius 3 is 2.65 bits per heavy atom. The van der Waals surface area contributed by atoms with Crippen LogP contribution in [0.1, 0.15) is 11.3 Å². The van der Waals surface area contributed by atoms with Gasteiger partial charge in [0.25, 0.3) is 0 Å². The molecule has 1 aliphatic rings. The number of oxime groups is 1. The number of fused-ring (bicyclic) bond motifs is 1. The molecule has 0 fully saturated rings. The lowest BCUT2D eigenvalue weighted by molar-refractivity contribution is 0.214. The number of nitrogens with one attached hydrogen (secondary N) is 1. The van der Waals surface area contributed by atoms with E-state index in [0.717, 1.165) is 16.8 Å². The molecule has 1 aliphatic carbocycles. The summed E-state index contributed by atoms with van der Waals surface area (Å²) in [6.45, 7) is 0. The van der Waals surface area contributed by atoms with Crippen molar-refractivity contribution in [2.24, 2.45) is 5.16 Å². The lowest BCUT2D eigenvalue weighted by Gasteiger charge is -2.13. The van der Waals surface area contributed by atoms with E-state index in [-0.39, 0.29) is 0 Å². The Hall–Kier alpha value is -2.82. The third-order valence-corrected chi connectivity index (χ3v) is 2.99. The third-order valence-electron chi connectivity index (χ3n) is 2.99. The van der Waals surface area contributed by atoms with E-state index in [4.69, 9.17) is 10.2 Å². The molecular formula is C15H12N4O. The molecule has 20 heavy (non-hydrogen) atoms. The molecule has 1 aromatic carbocycles. The minimum atomic E-state index is 0.298. The highest BCUT2D eigenvalue weighted by molar-refractivity contribution is 6.53. The molecule has 0 atom stereocenters. The molecule has 1 heterocycles. The number of aromatic nitrogens is 2. The van der Waals surface area contributed by atoms with E-state index in [1.807, 2.05) is 36.4 Å². The van der Waals surface area contributed by atoms with Crippen LogP contribution < -0.4 is 0 Å². The quantitative estimate of drug-likeness (QED) is 0.847. The standard InChI is InChI=1S/C15H12N4O/c1-20-19-15-11-9-14(10-5-3-2-4-6-10)18-17-13(11)8-7-12(15)16/h2-9,16H,1H3. The summed E-state index contributed by atoms with van der Waals surface area (Å²) in [6, 6.07) is 11.7. The fourth-order valence-electron chi connectivity index (χ4n) is 2.04. The van der Waals surface area contributed by atoms with Crippen LogP contribution in [0.15, 0.2) is 47.6 Å². The number of allylic oxidation sites excluding steroid dienone is 1. The van der Waals surface area contributed by atoms with Gasteiger partial charge in [0.2, 0.25) is 0 Å². The van der Waals surface area contributed by atoms with Crippen molar-refractivity contribution in [3.63, 3.8) is 0 Å². The molecule has 3 rings (SSSR count). The van der Waals surface area contributed by atoms with Gasteiger partial charge in [-0.3, -0.25) is 5.41 Å². The predicted octanol–water partition coefficient (Wildman–Crippen LogP) is 2.54. The van der Waals surface area contributed by atoms with Gasteiger partial charge < -0.3 is 4.84 Å². The molecule has 1 aromatic heterocycles.